The van der Waals surface area contributed by atoms with Crippen LogP contribution in [0.25, 0.3) is 22.1 Å². The Hall–Kier alpha value is -4.26. The van der Waals surface area contributed by atoms with Crippen LogP contribution in [0.15, 0.2) is 77.9 Å². The van der Waals surface area contributed by atoms with E-state index in [2.05, 4.69) is 81.6 Å². The van der Waals surface area contributed by atoms with Gasteiger partial charge in [0.05, 0.1) is 11.7 Å². The Kier molecular flexibility index (Phi) is 7.69. The van der Waals surface area contributed by atoms with Crippen molar-refractivity contribution in [2.75, 3.05) is 5.43 Å². The van der Waals surface area contributed by atoms with E-state index in [1.807, 2.05) is 30.3 Å². The highest BCUT2D eigenvalue weighted by atomic mass is 16.5. The van der Waals surface area contributed by atoms with E-state index in [4.69, 9.17) is 9.72 Å². The number of ether oxygens (including phenoxy) is 1. The van der Waals surface area contributed by atoms with E-state index < -0.39 is 0 Å². The molecule has 0 radical (unpaired) electrons. The molecule has 0 amide bonds. The van der Waals surface area contributed by atoms with E-state index >= 15 is 0 Å². The normalized spacial score (nSPS) is 11.5. The van der Waals surface area contributed by atoms with Crippen molar-refractivity contribution in [3.63, 3.8) is 0 Å². The predicted molar refractivity (Wildman–Crippen MR) is 150 cm³/mol. The second-order valence-corrected chi connectivity index (χ2v) is 9.22. The summed E-state index contributed by atoms with van der Waals surface area (Å²) in [6.45, 7) is 5.69. The zero-order valence-corrected chi connectivity index (χ0v) is 21.4. The van der Waals surface area contributed by atoms with Crippen LogP contribution in [0.4, 0.5) is 5.95 Å². The molecule has 0 aliphatic heterocycles. The average Bonchev–Trinajstić information content (AvgIpc) is 3.24. The number of unbranched alkanes of at least 4 members (excludes halogenated alkanes) is 3. The summed E-state index contributed by atoms with van der Waals surface area (Å²) in [7, 11) is 0. The SMILES string of the molecule is CCCCCCn1c2ccccc2c2nnc(N/N=C/c3ccccc3OCc3ccc(C)cc3)nc21. The van der Waals surface area contributed by atoms with Gasteiger partial charge in [-0.3, -0.25) is 0 Å². The van der Waals surface area contributed by atoms with Crippen LogP contribution in [0.3, 0.4) is 0 Å². The Balaban J connectivity index is 1.33. The highest BCUT2D eigenvalue weighted by Crippen LogP contribution is 2.27. The summed E-state index contributed by atoms with van der Waals surface area (Å²) in [6, 6.07) is 24.4. The van der Waals surface area contributed by atoms with E-state index in [9.17, 15) is 0 Å². The topological polar surface area (TPSA) is 77.2 Å². The standard InChI is InChI=1S/C30H32N6O/c1-3-4-5-10-19-36-26-13-8-7-12-25(26)28-29(36)32-30(35-33-28)34-31-20-24-11-6-9-14-27(24)37-21-23-17-15-22(2)16-18-23/h6-9,11-18,20H,3-5,10,19,21H2,1-2H3,(H,32,34,35)/b31-20+. The fraction of sp³-hybridized carbons (Fsp3) is 0.267. The molecule has 0 saturated heterocycles. The number of hydrogen-bond donors (Lipinski definition) is 1. The Morgan fingerprint density at radius 1 is 0.919 bits per heavy atom. The van der Waals surface area contributed by atoms with Crippen LogP contribution in [0.5, 0.6) is 5.75 Å². The lowest BCUT2D eigenvalue weighted by molar-refractivity contribution is 0.306. The molecule has 7 nitrogen and oxygen atoms in total. The van der Waals surface area contributed by atoms with Gasteiger partial charge in [0.15, 0.2) is 5.65 Å². The van der Waals surface area contributed by atoms with E-state index in [-0.39, 0.29) is 0 Å². The number of nitrogens with zero attached hydrogens (tertiary/aromatic N) is 5. The van der Waals surface area contributed by atoms with Gasteiger partial charge in [-0.15, -0.1) is 10.2 Å². The molecular weight excluding hydrogens is 460 g/mol. The molecule has 5 rings (SSSR count). The number of benzene rings is 3. The van der Waals surface area contributed by atoms with Crippen LogP contribution in [0, 0.1) is 6.92 Å². The minimum Gasteiger partial charge on any atom is -0.488 e. The minimum absolute atomic E-state index is 0.361. The van der Waals surface area contributed by atoms with Crippen LogP contribution in [-0.4, -0.2) is 26.0 Å². The molecule has 0 spiro atoms. The predicted octanol–water partition coefficient (Wildman–Crippen LogP) is 6.89. The summed E-state index contributed by atoms with van der Waals surface area (Å²) in [6.07, 6.45) is 6.47. The third kappa shape index (κ3) is 5.77. The Morgan fingerprint density at radius 3 is 2.59 bits per heavy atom. The molecule has 2 heterocycles. The molecule has 3 aromatic carbocycles. The molecular formula is C30H32N6O. The van der Waals surface area contributed by atoms with Gasteiger partial charge in [-0.2, -0.15) is 10.1 Å². The first-order valence-electron chi connectivity index (χ1n) is 12.9. The van der Waals surface area contributed by atoms with Crippen LogP contribution >= 0.6 is 0 Å². The largest absolute Gasteiger partial charge is 0.488 e. The zero-order valence-electron chi connectivity index (χ0n) is 21.4. The van der Waals surface area contributed by atoms with Crippen molar-refractivity contribution in [2.24, 2.45) is 5.10 Å². The molecule has 0 saturated carbocycles. The Bertz CT molecular complexity index is 1510. The number of anilines is 1. The van der Waals surface area contributed by atoms with Crippen molar-refractivity contribution in [3.05, 3.63) is 89.5 Å². The number of nitrogens with one attached hydrogen (secondary N) is 1. The number of aromatic nitrogens is 4. The van der Waals surface area contributed by atoms with Gasteiger partial charge >= 0.3 is 0 Å². The lowest BCUT2D eigenvalue weighted by Gasteiger charge is -2.09. The first-order valence-corrected chi connectivity index (χ1v) is 12.9. The van der Waals surface area contributed by atoms with Gasteiger partial charge in [-0.25, -0.2) is 5.43 Å². The lowest BCUT2D eigenvalue weighted by atomic mass is 10.1. The molecule has 5 aromatic rings. The summed E-state index contributed by atoms with van der Waals surface area (Å²) in [4.78, 5) is 4.78. The van der Waals surface area contributed by atoms with Crippen molar-refractivity contribution in [1.29, 1.82) is 0 Å². The summed E-state index contributed by atoms with van der Waals surface area (Å²) < 4.78 is 8.31. The molecule has 0 aliphatic rings. The Labute approximate surface area is 217 Å². The Morgan fingerprint density at radius 2 is 1.73 bits per heavy atom. The maximum absolute atomic E-state index is 6.06. The van der Waals surface area contributed by atoms with Gasteiger partial charge in [-0.05, 0) is 37.1 Å². The molecule has 0 bridgehead atoms. The zero-order chi connectivity index (χ0) is 25.5. The fourth-order valence-corrected chi connectivity index (χ4v) is 4.40. The molecule has 0 fully saturated rings. The van der Waals surface area contributed by atoms with E-state index in [1.165, 1.54) is 24.8 Å². The molecule has 0 unspecified atom stereocenters. The van der Waals surface area contributed by atoms with Crippen molar-refractivity contribution >= 4 is 34.2 Å². The number of hydrazone groups is 1. The minimum atomic E-state index is 0.361. The van der Waals surface area contributed by atoms with E-state index in [1.54, 1.807) is 6.21 Å². The van der Waals surface area contributed by atoms with Crippen LogP contribution < -0.4 is 10.2 Å². The van der Waals surface area contributed by atoms with E-state index in [0.717, 1.165) is 51.9 Å². The van der Waals surface area contributed by atoms with Gasteiger partial charge in [0, 0.05) is 17.5 Å². The summed E-state index contributed by atoms with van der Waals surface area (Å²) in [5, 5.41) is 14.2. The number of rotatable bonds is 11. The number of fused-ring (bicyclic) bond motifs is 3. The van der Waals surface area contributed by atoms with Crippen molar-refractivity contribution in [3.8, 4) is 5.75 Å². The van der Waals surface area contributed by atoms with Crippen LogP contribution in [0.1, 0.15) is 49.3 Å². The summed E-state index contributed by atoms with van der Waals surface area (Å²) >= 11 is 0. The van der Waals surface area contributed by atoms with Gasteiger partial charge in [0.25, 0.3) is 5.95 Å². The van der Waals surface area contributed by atoms with Crippen molar-refractivity contribution in [1.82, 2.24) is 19.7 Å². The summed E-state index contributed by atoms with van der Waals surface area (Å²) in [5.41, 5.74) is 8.94. The van der Waals surface area contributed by atoms with Gasteiger partial charge < -0.3 is 9.30 Å². The molecule has 37 heavy (non-hydrogen) atoms. The first-order chi connectivity index (χ1) is 18.2. The smallest absolute Gasteiger partial charge is 0.265 e. The van der Waals surface area contributed by atoms with Crippen LogP contribution in [0.2, 0.25) is 0 Å². The second-order valence-electron chi connectivity index (χ2n) is 9.22. The molecule has 7 heteroatoms. The number of para-hydroxylation sites is 2. The molecule has 1 N–H and O–H groups in total. The number of aryl methyl sites for hydroxylation is 2. The molecule has 0 atom stereocenters. The van der Waals surface area contributed by atoms with Gasteiger partial charge in [-0.1, -0.05) is 86.3 Å². The van der Waals surface area contributed by atoms with Gasteiger partial charge in [0.1, 0.15) is 17.9 Å². The monoisotopic (exact) mass is 492 g/mol. The fourth-order valence-electron chi connectivity index (χ4n) is 4.40. The number of hydrogen-bond acceptors (Lipinski definition) is 6. The summed E-state index contributed by atoms with van der Waals surface area (Å²) in [5.74, 6) is 1.12. The highest BCUT2D eigenvalue weighted by molar-refractivity contribution is 6.04. The molecule has 0 aliphatic carbocycles. The average molecular weight is 493 g/mol. The first kappa shape index (κ1) is 24.4. The van der Waals surface area contributed by atoms with Crippen molar-refractivity contribution < 1.29 is 4.74 Å². The molecule has 2 aromatic heterocycles. The maximum Gasteiger partial charge on any atom is 0.265 e. The second kappa shape index (κ2) is 11.6. The third-order valence-electron chi connectivity index (χ3n) is 6.41. The van der Waals surface area contributed by atoms with Crippen molar-refractivity contribution in [2.45, 2.75) is 52.7 Å². The van der Waals surface area contributed by atoms with Gasteiger partial charge in [0.2, 0.25) is 0 Å². The van der Waals surface area contributed by atoms with Crippen LogP contribution in [-0.2, 0) is 13.2 Å². The van der Waals surface area contributed by atoms with E-state index in [0.29, 0.717) is 12.6 Å². The molecule has 188 valence electrons. The third-order valence-corrected chi connectivity index (χ3v) is 6.41. The maximum atomic E-state index is 6.06. The lowest BCUT2D eigenvalue weighted by Crippen LogP contribution is -2.04. The highest BCUT2D eigenvalue weighted by Gasteiger charge is 2.14. The quantitative estimate of drug-likeness (QED) is 0.123.